The van der Waals surface area contributed by atoms with Crippen LogP contribution in [0.3, 0.4) is 0 Å². The number of aliphatic imine (C=N–C) groups is 1. The van der Waals surface area contributed by atoms with Crippen molar-refractivity contribution in [1.82, 2.24) is 15.0 Å². The van der Waals surface area contributed by atoms with Gasteiger partial charge in [0.25, 0.3) is 0 Å². The molecule has 0 saturated carbocycles. The van der Waals surface area contributed by atoms with Crippen LogP contribution in [-0.2, 0) is 5.54 Å². The Kier molecular flexibility index (Phi) is 5.11. The van der Waals surface area contributed by atoms with Crippen LogP contribution in [0, 0.1) is 0 Å². The molecular weight excluding hydrogens is 454 g/mol. The van der Waals surface area contributed by atoms with E-state index in [0.29, 0.717) is 29.7 Å². The van der Waals surface area contributed by atoms with Gasteiger partial charge in [-0.05, 0) is 47.7 Å². The molecule has 2 aromatic heterocycles. The summed E-state index contributed by atoms with van der Waals surface area (Å²) in [7, 11) is 0. The molecule has 154 valence electrons. The van der Waals surface area contributed by atoms with Crippen LogP contribution in [0.2, 0.25) is 0 Å². The number of aromatic nitrogens is 3. The van der Waals surface area contributed by atoms with E-state index in [1.807, 2.05) is 36.4 Å². The summed E-state index contributed by atoms with van der Waals surface area (Å²) in [6.45, 7) is 0.506. The Bertz CT molecular complexity index is 1240. The van der Waals surface area contributed by atoms with Crippen LogP contribution in [0.15, 0.2) is 88.3 Å². The zero-order valence-electron chi connectivity index (χ0n) is 16.7. The lowest BCUT2D eigenvalue weighted by Crippen LogP contribution is -2.27. The van der Waals surface area contributed by atoms with E-state index in [-0.39, 0.29) is 0 Å². The molecule has 31 heavy (non-hydrogen) atoms. The van der Waals surface area contributed by atoms with Crippen LogP contribution in [0.4, 0.5) is 0 Å². The topological polar surface area (TPSA) is 86.3 Å². The average molecular weight is 474 g/mol. The highest BCUT2D eigenvalue weighted by molar-refractivity contribution is 9.10. The van der Waals surface area contributed by atoms with Crippen LogP contribution in [-0.4, -0.2) is 27.4 Å². The number of nitrogens with zero attached hydrogens (tertiary/aromatic N) is 4. The quantitative estimate of drug-likeness (QED) is 0.596. The van der Waals surface area contributed by atoms with Crippen LogP contribution in [0.5, 0.6) is 5.88 Å². The van der Waals surface area contributed by atoms with Gasteiger partial charge in [0.05, 0.1) is 0 Å². The number of pyridine rings is 1. The minimum absolute atomic E-state index is 0.363. The molecule has 0 amide bonds. The summed E-state index contributed by atoms with van der Waals surface area (Å²) in [5.41, 5.74) is 9.72. The maximum absolute atomic E-state index is 6.30. The fraction of sp³-hybridized carbons (Fsp3) is 0.167. The van der Waals surface area contributed by atoms with E-state index in [4.69, 9.17) is 15.5 Å². The van der Waals surface area contributed by atoms with E-state index in [0.717, 1.165) is 28.4 Å². The van der Waals surface area contributed by atoms with Gasteiger partial charge >= 0.3 is 0 Å². The number of nitrogens with two attached hydrogens (primary N) is 1. The van der Waals surface area contributed by atoms with Gasteiger partial charge in [-0.1, -0.05) is 46.3 Å². The average Bonchev–Trinajstić information content (AvgIpc) is 3.12. The first-order valence-corrected chi connectivity index (χ1v) is 10.8. The number of allylic oxidation sites excluding steroid dienone is 3. The van der Waals surface area contributed by atoms with Crippen LogP contribution in [0.25, 0.3) is 0 Å². The minimum Gasteiger partial charge on any atom is -0.473 e. The minimum atomic E-state index is -0.925. The molecule has 3 heterocycles. The summed E-state index contributed by atoms with van der Waals surface area (Å²) in [4.78, 5) is 18.4. The Morgan fingerprint density at radius 2 is 1.90 bits per heavy atom. The van der Waals surface area contributed by atoms with Crippen molar-refractivity contribution in [2.75, 3.05) is 6.61 Å². The zero-order valence-corrected chi connectivity index (χ0v) is 18.3. The summed E-state index contributed by atoms with van der Waals surface area (Å²) in [5.74, 6) is 0.898. The van der Waals surface area contributed by atoms with E-state index in [2.05, 4.69) is 49.1 Å². The Balaban J connectivity index is 1.61. The SMILES string of the molecule is NC1=NC(c2cccc(Br)c2)(c2ccnc(OCC3=CC=CCC3)c2)c2nccnc21. The molecule has 0 bridgehead atoms. The number of amidine groups is 1. The first-order chi connectivity index (χ1) is 15.2. The zero-order chi connectivity index (χ0) is 21.3. The van der Waals surface area contributed by atoms with E-state index in [9.17, 15) is 0 Å². The fourth-order valence-electron chi connectivity index (χ4n) is 4.01. The Morgan fingerprint density at radius 1 is 1.03 bits per heavy atom. The summed E-state index contributed by atoms with van der Waals surface area (Å²) in [5, 5.41) is 0. The molecule has 7 heteroatoms. The van der Waals surface area contributed by atoms with Crippen molar-refractivity contribution in [3.05, 3.63) is 106 Å². The maximum atomic E-state index is 6.30. The molecule has 3 aromatic rings. The van der Waals surface area contributed by atoms with Crippen molar-refractivity contribution < 1.29 is 4.74 Å². The van der Waals surface area contributed by atoms with E-state index >= 15 is 0 Å². The highest BCUT2D eigenvalue weighted by Crippen LogP contribution is 2.45. The molecule has 2 N–H and O–H groups in total. The van der Waals surface area contributed by atoms with Gasteiger partial charge in [-0.3, -0.25) is 4.98 Å². The predicted molar refractivity (Wildman–Crippen MR) is 123 cm³/mol. The van der Waals surface area contributed by atoms with Crippen LogP contribution < -0.4 is 10.5 Å². The van der Waals surface area contributed by atoms with Gasteiger partial charge in [-0.25, -0.2) is 15.0 Å². The number of hydrogen-bond acceptors (Lipinski definition) is 6. The first kappa shape index (κ1) is 19.6. The van der Waals surface area contributed by atoms with Gasteiger partial charge in [0.2, 0.25) is 5.88 Å². The molecule has 0 radical (unpaired) electrons. The third-order valence-corrected chi connectivity index (χ3v) is 5.97. The standard InChI is InChI=1S/C24H20BrN5O/c25-19-8-4-7-17(13-19)24(22-21(23(26)30-24)28-11-12-29-22)18-9-10-27-20(14-18)31-15-16-5-2-1-3-6-16/h1-2,4-5,7-14H,3,6,15H2,(H2,26,30). The van der Waals surface area contributed by atoms with Crippen molar-refractivity contribution in [1.29, 1.82) is 0 Å². The maximum Gasteiger partial charge on any atom is 0.213 e. The Labute approximate surface area is 188 Å². The third kappa shape index (κ3) is 3.55. The number of hydrogen-bond donors (Lipinski definition) is 1. The van der Waals surface area contributed by atoms with Gasteiger partial charge in [-0.2, -0.15) is 0 Å². The smallest absolute Gasteiger partial charge is 0.213 e. The highest BCUT2D eigenvalue weighted by atomic mass is 79.9. The van der Waals surface area contributed by atoms with Crippen LogP contribution >= 0.6 is 15.9 Å². The van der Waals surface area contributed by atoms with Crippen molar-refractivity contribution in [2.45, 2.75) is 18.4 Å². The monoisotopic (exact) mass is 473 g/mol. The molecule has 0 saturated heterocycles. The summed E-state index contributed by atoms with van der Waals surface area (Å²) in [6.07, 6.45) is 13.4. The number of fused-ring (bicyclic) bond motifs is 1. The summed E-state index contributed by atoms with van der Waals surface area (Å²) < 4.78 is 6.97. The molecule has 1 unspecified atom stereocenters. The molecule has 6 nitrogen and oxygen atoms in total. The lowest BCUT2D eigenvalue weighted by Gasteiger charge is -2.28. The first-order valence-electron chi connectivity index (χ1n) is 10.0. The second-order valence-electron chi connectivity index (χ2n) is 7.43. The van der Waals surface area contributed by atoms with Gasteiger partial charge < -0.3 is 10.5 Å². The molecular formula is C24H20BrN5O. The molecule has 1 aromatic carbocycles. The van der Waals surface area contributed by atoms with Gasteiger partial charge in [0.1, 0.15) is 23.8 Å². The normalized spacial score (nSPS) is 19.5. The highest BCUT2D eigenvalue weighted by Gasteiger charge is 2.45. The number of ether oxygens (including phenoxy) is 1. The van der Waals surface area contributed by atoms with Crippen molar-refractivity contribution >= 4 is 21.8 Å². The second-order valence-corrected chi connectivity index (χ2v) is 8.35. The summed E-state index contributed by atoms with van der Waals surface area (Å²) in [6, 6.07) is 11.8. The van der Waals surface area contributed by atoms with Gasteiger partial charge in [0.15, 0.2) is 5.54 Å². The van der Waals surface area contributed by atoms with E-state index in [1.165, 1.54) is 5.57 Å². The third-order valence-electron chi connectivity index (χ3n) is 5.47. The Hall–Kier alpha value is -3.32. The van der Waals surface area contributed by atoms with Crippen molar-refractivity contribution in [2.24, 2.45) is 10.7 Å². The van der Waals surface area contributed by atoms with Crippen LogP contribution in [0.1, 0.15) is 35.4 Å². The lowest BCUT2D eigenvalue weighted by molar-refractivity contribution is 0.332. The number of halogens is 1. The molecule has 1 atom stereocenters. The van der Waals surface area contributed by atoms with Crippen molar-refractivity contribution in [3.63, 3.8) is 0 Å². The Morgan fingerprint density at radius 3 is 2.74 bits per heavy atom. The fourth-order valence-corrected chi connectivity index (χ4v) is 4.41. The number of benzene rings is 1. The molecule has 0 fully saturated rings. The summed E-state index contributed by atoms with van der Waals surface area (Å²) >= 11 is 3.58. The largest absolute Gasteiger partial charge is 0.473 e. The lowest BCUT2D eigenvalue weighted by atomic mass is 9.81. The predicted octanol–water partition coefficient (Wildman–Crippen LogP) is 4.30. The number of rotatable bonds is 5. The molecule has 2 aliphatic rings. The van der Waals surface area contributed by atoms with E-state index < -0.39 is 5.54 Å². The van der Waals surface area contributed by atoms with Crippen molar-refractivity contribution in [3.8, 4) is 5.88 Å². The van der Waals surface area contributed by atoms with E-state index in [1.54, 1.807) is 18.6 Å². The van der Waals surface area contributed by atoms with Gasteiger partial charge in [-0.15, -0.1) is 0 Å². The molecule has 0 spiro atoms. The van der Waals surface area contributed by atoms with Gasteiger partial charge in [0, 0.05) is 29.1 Å². The molecule has 1 aliphatic carbocycles. The second kappa shape index (κ2) is 8.07. The molecule has 1 aliphatic heterocycles. The molecule has 5 rings (SSSR count).